The number of nitrogens with two attached hydrogens (primary N) is 2. The second-order valence-corrected chi connectivity index (χ2v) is 4.77. The molecule has 0 radical (unpaired) electrons. The third kappa shape index (κ3) is 12.0. The van der Waals surface area contributed by atoms with Gasteiger partial charge in [-0.15, -0.1) is 0 Å². The van der Waals surface area contributed by atoms with Gasteiger partial charge >= 0.3 is 10.4 Å². The van der Waals surface area contributed by atoms with Gasteiger partial charge < -0.3 is 21.3 Å². The van der Waals surface area contributed by atoms with Crippen molar-refractivity contribution in [2.24, 2.45) is 11.5 Å². The Hall–Kier alpha value is -2.22. The highest BCUT2D eigenvalue weighted by molar-refractivity contribution is 7.79. The number of ether oxygens (including phenoxy) is 1. The Morgan fingerprint density at radius 1 is 1.35 bits per heavy atom. The lowest BCUT2D eigenvalue weighted by molar-refractivity contribution is -0.117. The molecular weight excluding hydrogens is 332 g/mol. The first-order chi connectivity index (χ1) is 10.5. The van der Waals surface area contributed by atoms with Gasteiger partial charge in [-0.2, -0.15) is 8.42 Å². The Balaban J connectivity index is 0.000000841. The van der Waals surface area contributed by atoms with E-state index in [0.717, 1.165) is 0 Å². The van der Waals surface area contributed by atoms with Crippen LogP contribution in [0.5, 0.6) is 11.5 Å². The van der Waals surface area contributed by atoms with Gasteiger partial charge in [0.1, 0.15) is 6.29 Å². The number of nitrogens with one attached hydrogen (secondary N) is 2. The van der Waals surface area contributed by atoms with E-state index in [1.54, 1.807) is 18.2 Å². The van der Waals surface area contributed by atoms with Crippen LogP contribution in [0.4, 0.5) is 0 Å². The van der Waals surface area contributed by atoms with Crippen molar-refractivity contribution in [2.75, 3.05) is 7.11 Å². The van der Waals surface area contributed by atoms with Crippen LogP contribution in [-0.2, 0) is 15.2 Å². The molecule has 12 heteroatoms. The third-order valence-electron chi connectivity index (χ3n) is 1.99. The average molecular weight is 350 g/mol. The topological polar surface area (TPSA) is 197 Å². The molecule has 1 amide bonds. The van der Waals surface area contributed by atoms with Crippen LogP contribution in [0, 0.1) is 0 Å². The predicted molar refractivity (Wildman–Crippen MR) is 81.3 cm³/mol. The van der Waals surface area contributed by atoms with E-state index in [2.05, 4.69) is 10.9 Å². The number of phenolic OH excluding ortho intramolecular Hbond substituents is 1. The van der Waals surface area contributed by atoms with Crippen molar-refractivity contribution in [1.29, 1.82) is 0 Å². The number of amides is 1. The standard InChI is InChI=1S/C11H16N4O3.H2O4S/c1-18-9-6-7(2-4-8(9)16)3-5-10(17)14-15-11(12)13;1-5(2,3)4/h2-6,11,15-16H,12-13H2,1H3,(H,14,17);(H2,1,2,3,4)/b5-3+;. The van der Waals surface area contributed by atoms with E-state index in [4.69, 9.17) is 33.7 Å². The predicted octanol–water partition coefficient (Wildman–Crippen LogP) is -1.42. The normalized spacial score (nSPS) is 11.0. The molecule has 0 aliphatic heterocycles. The average Bonchev–Trinajstić information content (AvgIpc) is 2.42. The highest BCUT2D eigenvalue weighted by Gasteiger charge is 2.01. The number of hydrazine groups is 1. The number of methoxy groups -OCH3 is 1. The van der Waals surface area contributed by atoms with Crippen LogP contribution in [0.3, 0.4) is 0 Å². The number of benzene rings is 1. The summed E-state index contributed by atoms with van der Waals surface area (Å²) >= 11 is 0. The summed E-state index contributed by atoms with van der Waals surface area (Å²) in [6.45, 7) is 0. The SMILES string of the molecule is COc1cc(/C=C/C(=O)NNC(N)N)ccc1O.O=S(=O)(O)O. The minimum Gasteiger partial charge on any atom is -0.504 e. The van der Waals surface area contributed by atoms with Gasteiger partial charge in [-0.05, 0) is 23.8 Å². The van der Waals surface area contributed by atoms with Gasteiger partial charge in [0, 0.05) is 6.08 Å². The van der Waals surface area contributed by atoms with Crippen molar-refractivity contribution in [3.8, 4) is 11.5 Å². The molecule has 130 valence electrons. The second-order valence-electron chi connectivity index (χ2n) is 3.87. The molecule has 0 saturated carbocycles. The molecule has 1 aromatic carbocycles. The Morgan fingerprint density at radius 3 is 2.39 bits per heavy atom. The summed E-state index contributed by atoms with van der Waals surface area (Å²) in [5.41, 5.74) is 15.7. The molecule has 0 saturated heterocycles. The van der Waals surface area contributed by atoms with E-state index in [9.17, 15) is 9.90 Å². The van der Waals surface area contributed by atoms with Crippen LogP contribution in [0.2, 0.25) is 0 Å². The first-order valence-corrected chi connectivity index (χ1v) is 7.24. The molecule has 0 unspecified atom stereocenters. The zero-order chi connectivity index (χ0) is 18.0. The summed E-state index contributed by atoms with van der Waals surface area (Å²) in [6.07, 6.45) is 2.03. The number of hydrogen-bond donors (Lipinski definition) is 7. The molecule has 0 aliphatic carbocycles. The van der Waals surface area contributed by atoms with E-state index in [1.807, 2.05) is 0 Å². The maximum atomic E-state index is 11.3. The third-order valence-corrected chi connectivity index (χ3v) is 1.99. The number of aromatic hydroxyl groups is 1. The summed E-state index contributed by atoms with van der Waals surface area (Å²) in [5, 5.41) is 9.39. The lowest BCUT2D eigenvalue weighted by Crippen LogP contribution is -2.53. The van der Waals surface area contributed by atoms with Crippen LogP contribution in [-0.4, -0.2) is 41.9 Å². The van der Waals surface area contributed by atoms with Crippen molar-refractivity contribution < 1.29 is 32.2 Å². The Labute approximate surface area is 132 Å². The summed E-state index contributed by atoms with van der Waals surface area (Å²) < 4.78 is 36.5. The van der Waals surface area contributed by atoms with Crippen LogP contribution in [0.15, 0.2) is 24.3 Å². The molecule has 11 nitrogen and oxygen atoms in total. The summed E-state index contributed by atoms with van der Waals surface area (Å²) in [7, 11) is -3.22. The zero-order valence-corrected chi connectivity index (χ0v) is 12.8. The van der Waals surface area contributed by atoms with Crippen molar-refractivity contribution in [2.45, 2.75) is 6.29 Å². The molecular formula is C11H18N4O7S. The van der Waals surface area contributed by atoms with Crippen LogP contribution < -0.4 is 27.1 Å². The highest BCUT2D eigenvalue weighted by Crippen LogP contribution is 2.26. The lowest BCUT2D eigenvalue weighted by Gasteiger charge is -2.07. The van der Waals surface area contributed by atoms with Gasteiger partial charge in [0.15, 0.2) is 11.5 Å². The number of hydrogen-bond acceptors (Lipinski definition) is 8. The molecule has 1 aromatic rings. The van der Waals surface area contributed by atoms with Crippen LogP contribution >= 0.6 is 0 Å². The van der Waals surface area contributed by atoms with Crippen LogP contribution in [0.25, 0.3) is 6.08 Å². The van der Waals surface area contributed by atoms with E-state index >= 15 is 0 Å². The van der Waals surface area contributed by atoms with Crippen molar-refractivity contribution in [3.63, 3.8) is 0 Å². The van der Waals surface area contributed by atoms with Gasteiger partial charge in [0.2, 0.25) is 0 Å². The van der Waals surface area contributed by atoms with E-state index in [1.165, 1.54) is 19.3 Å². The van der Waals surface area contributed by atoms with Gasteiger partial charge in [-0.25, -0.2) is 5.43 Å². The fourth-order valence-corrected chi connectivity index (χ4v) is 1.17. The molecule has 0 atom stereocenters. The fraction of sp³-hybridized carbons (Fsp3) is 0.182. The van der Waals surface area contributed by atoms with E-state index < -0.39 is 22.6 Å². The molecule has 0 aliphatic rings. The first-order valence-electron chi connectivity index (χ1n) is 5.84. The zero-order valence-electron chi connectivity index (χ0n) is 12.0. The monoisotopic (exact) mass is 350 g/mol. The Morgan fingerprint density at radius 2 is 1.91 bits per heavy atom. The van der Waals surface area contributed by atoms with Gasteiger partial charge in [-0.1, -0.05) is 6.07 Å². The molecule has 0 spiro atoms. The van der Waals surface area contributed by atoms with Crippen molar-refractivity contribution in [1.82, 2.24) is 10.9 Å². The van der Waals surface area contributed by atoms with Crippen molar-refractivity contribution in [3.05, 3.63) is 29.8 Å². The largest absolute Gasteiger partial charge is 0.504 e. The molecule has 0 heterocycles. The van der Waals surface area contributed by atoms with Gasteiger partial charge in [-0.3, -0.25) is 19.3 Å². The Bertz CT molecular complexity index is 638. The van der Waals surface area contributed by atoms with Crippen molar-refractivity contribution >= 4 is 22.4 Å². The molecule has 0 bridgehead atoms. The molecule has 1 rings (SSSR count). The number of rotatable bonds is 5. The number of carbonyl (C=O) groups is 1. The molecule has 9 N–H and O–H groups in total. The number of carbonyl (C=O) groups excluding carboxylic acids is 1. The van der Waals surface area contributed by atoms with Crippen LogP contribution in [0.1, 0.15) is 5.56 Å². The maximum absolute atomic E-state index is 11.3. The van der Waals surface area contributed by atoms with E-state index in [-0.39, 0.29) is 5.75 Å². The first kappa shape index (κ1) is 20.8. The lowest BCUT2D eigenvalue weighted by atomic mass is 10.2. The number of phenols is 1. The fourth-order valence-electron chi connectivity index (χ4n) is 1.17. The summed E-state index contributed by atoms with van der Waals surface area (Å²) in [5.74, 6) is -0.0301. The highest BCUT2D eigenvalue weighted by atomic mass is 32.3. The van der Waals surface area contributed by atoms with Gasteiger partial charge in [0.25, 0.3) is 5.91 Å². The molecule has 0 aromatic heterocycles. The smallest absolute Gasteiger partial charge is 0.394 e. The minimum atomic E-state index is -4.67. The summed E-state index contributed by atoms with van der Waals surface area (Å²) in [6, 6.07) is 4.72. The molecule has 0 fully saturated rings. The van der Waals surface area contributed by atoms with E-state index in [0.29, 0.717) is 11.3 Å². The second kappa shape index (κ2) is 9.73. The Kier molecular flexibility index (Phi) is 8.79. The quantitative estimate of drug-likeness (QED) is 0.143. The summed E-state index contributed by atoms with van der Waals surface area (Å²) in [4.78, 5) is 11.3. The molecule has 23 heavy (non-hydrogen) atoms. The minimum absolute atomic E-state index is 0.0369. The van der Waals surface area contributed by atoms with Gasteiger partial charge in [0.05, 0.1) is 7.11 Å². The maximum Gasteiger partial charge on any atom is 0.394 e.